The Bertz CT molecular complexity index is 618. The summed E-state index contributed by atoms with van der Waals surface area (Å²) in [7, 11) is 0. The number of aryl methyl sites for hydroxylation is 1. The Labute approximate surface area is 113 Å². The molecule has 0 aromatic heterocycles. The molecule has 0 saturated carbocycles. The van der Waals surface area contributed by atoms with Crippen LogP contribution in [0, 0.1) is 6.92 Å². The van der Waals surface area contributed by atoms with Crippen molar-refractivity contribution >= 4 is 11.6 Å². The van der Waals surface area contributed by atoms with Crippen LogP contribution < -0.4 is 4.90 Å². The fourth-order valence-corrected chi connectivity index (χ4v) is 2.66. The average molecular weight is 251 g/mol. The summed E-state index contributed by atoms with van der Waals surface area (Å²) in [5.41, 5.74) is 4.67. The summed E-state index contributed by atoms with van der Waals surface area (Å²) in [5.74, 6) is 0.194. The molecule has 0 bridgehead atoms. The first-order chi connectivity index (χ1) is 9.25. The Morgan fingerprint density at radius 1 is 1.11 bits per heavy atom. The minimum atomic E-state index is 0.194. The van der Waals surface area contributed by atoms with E-state index in [0.29, 0.717) is 6.42 Å². The molecule has 2 nitrogen and oxygen atoms in total. The highest BCUT2D eigenvalue weighted by Gasteiger charge is 2.24. The number of carbonyl (C=O) groups is 1. The molecule has 0 spiro atoms. The van der Waals surface area contributed by atoms with E-state index in [4.69, 9.17) is 0 Å². The van der Waals surface area contributed by atoms with Gasteiger partial charge in [0.05, 0.1) is 6.42 Å². The van der Waals surface area contributed by atoms with Crippen LogP contribution in [0.4, 0.5) is 5.69 Å². The van der Waals surface area contributed by atoms with Crippen molar-refractivity contribution in [2.75, 3.05) is 11.4 Å². The van der Waals surface area contributed by atoms with Gasteiger partial charge in [0.1, 0.15) is 0 Å². The van der Waals surface area contributed by atoms with Gasteiger partial charge in [0.15, 0.2) is 0 Å². The van der Waals surface area contributed by atoms with E-state index in [1.807, 2.05) is 41.3 Å². The highest BCUT2D eigenvalue weighted by atomic mass is 16.2. The van der Waals surface area contributed by atoms with Crippen LogP contribution in [-0.4, -0.2) is 12.5 Å². The molecule has 3 rings (SSSR count). The first kappa shape index (κ1) is 12.0. The molecule has 0 radical (unpaired) electrons. The van der Waals surface area contributed by atoms with Crippen LogP contribution in [0.25, 0.3) is 0 Å². The normalized spacial score (nSPS) is 13.4. The highest BCUT2D eigenvalue weighted by Crippen LogP contribution is 2.28. The maximum absolute atomic E-state index is 12.5. The second kappa shape index (κ2) is 4.88. The lowest BCUT2D eigenvalue weighted by atomic mass is 10.1. The van der Waals surface area contributed by atoms with Gasteiger partial charge in [-0.3, -0.25) is 4.79 Å². The third-order valence-electron chi connectivity index (χ3n) is 3.79. The number of fused-ring (bicyclic) bond motifs is 1. The summed E-state index contributed by atoms with van der Waals surface area (Å²) in [6.07, 6.45) is 1.46. The second-order valence-electron chi connectivity index (χ2n) is 5.03. The monoisotopic (exact) mass is 251 g/mol. The van der Waals surface area contributed by atoms with Gasteiger partial charge in [-0.1, -0.05) is 42.5 Å². The topological polar surface area (TPSA) is 20.3 Å². The van der Waals surface area contributed by atoms with Gasteiger partial charge in [0, 0.05) is 12.2 Å². The summed E-state index contributed by atoms with van der Waals surface area (Å²) < 4.78 is 0. The van der Waals surface area contributed by atoms with Gasteiger partial charge in [-0.25, -0.2) is 0 Å². The van der Waals surface area contributed by atoms with Gasteiger partial charge in [-0.2, -0.15) is 0 Å². The molecule has 1 aliphatic rings. The SMILES string of the molecule is Cc1ccccc1CC(=O)N1CCc2ccccc21. The lowest BCUT2D eigenvalue weighted by molar-refractivity contribution is -0.117. The van der Waals surface area contributed by atoms with Crippen LogP contribution in [-0.2, 0) is 17.6 Å². The Balaban J connectivity index is 1.81. The van der Waals surface area contributed by atoms with E-state index in [2.05, 4.69) is 19.1 Å². The van der Waals surface area contributed by atoms with Crippen LogP contribution in [0.2, 0.25) is 0 Å². The number of benzene rings is 2. The fraction of sp³-hybridized carbons (Fsp3) is 0.235. The summed E-state index contributed by atoms with van der Waals surface area (Å²) in [4.78, 5) is 14.4. The number of amides is 1. The third-order valence-corrected chi connectivity index (χ3v) is 3.79. The molecule has 2 heteroatoms. The van der Waals surface area contributed by atoms with Crippen LogP contribution in [0.3, 0.4) is 0 Å². The standard InChI is InChI=1S/C17H17NO/c1-13-6-2-3-8-15(13)12-17(19)18-11-10-14-7-4-5-9-16(14)18/h2-9H,10-12H2,1H3. The maximum atomic E-state index is 12.5. The van der Waals surface area contributed by atoms with Gasteiger partial charge in [0.2, 0.25) is 5.91 Å². The number of anilines is 1. The molecule has 1 amide bonds. The van der Waals surface area contributed by atoms with E-state index < -0.39 is 0 Å². The Morgan fingerprint density at radius 2 is 1.84 bits per heavy atom. The minimum absolute atomic E-state index is 0.194. The van der Waals surface area contributed by atoms with Crippen molar-refractivity contribution in [2.24, 2.45) is 0 Å². The van der Waals surface area contributed by atoms with Crippen molar-refractivity contribution in [3.63, 3.8) is 0 Å². The quantitative estimate of drug-likeness (QED) is 0.803. The van der Waals surface area contributed by atoms with E-state index in [1.54, 1.807) is 0 Å². The van der Waals surface area contributed by atoms with Crippen LogP contribution in [0.5, 0.6) is 0 Å². The molecule has 0 fully saturated rings. The van der Waals surface area contributed by atoms with E-state index in [-0.39, 0.29) is 5.91 Å². The average Bonchev–Trinajstić information content (AvgIpc) is 2.85. The molecular weight excluding hydrogens is 234 g/mol. The minimum Gasteiger partial charge on any atom is -0.312 e. The Kier molecular flexibility index (Phi) is 3.08. The third kappa shape index (κ3) is 2.26. The number of carbonyl (C=O) groups excluding carboxylic acids is 1. The highest BCUT2D eigenvalue weighted by molar-refractivity contribution is 5.96. The predicted octanol–water partition coefficient (Wildman–Crippen LogP) is 3.13. The largest absolute Gasteiger partial charge is 0.312 e. The first-order valence-corrected chi connectivity index (χ1v) is 6.68. The van der Waals surface area contributed by atoms with E-state index in [9.17, 15) is 4.79 Å². The van der Waals surface area contributed by atoms with Crippen molar-refractivity contribution in [1.82, 2.24) is 0 Å². The van der Waals surface area contributed by atoms with E-state index >= 15 is 0 Å². The fourth-order valence-electron chi connectivity index (χ4n) is 2.66. The molecule has 0 N–H and O–H groups in total. The zero-order chi connectivity index (χ0) is 13.2. The van der Waals surface area contributed by atoms with Gasteiger partial charge >= 0.3 is 0 Å². The van der Waals surface area contributed by atoms with Gasteiger partial charge < -0.3 is 4.90 Å². The van der Waals surface area contributed by atoms with Crippen LogP contribution in [0.15, 0.2) is 48.5 Å². The summed E-state index contributed by atoms with van der Waals surface area (Å²) in [6, 6.07) is 16.3. The summed E-state index contributed by atoms with van der Waals surface area (Å²) in [6.45, 7) is 2.87. The molecule has 1 heterocycles. The Morgan fingerprint density at radius 3 is 2.68 bits per heavy atom. The zero-order valence-electron chi connectivity index (χ0n) is 11.1. The number of hydrogen-bond acceptors (Lipinski definition) is 1. The lowest BCUT2D eigenvalue weighted by Crippen LogP contribution is -2.30. The number of rotatable bonds is 2. The summed E-state index contributed by atoms with van der Waals surface area (Å²) in [5, 5.41) is 0. The number of hydrogen-bond donors (Lipinski definition) is 0. The molecule has 0 unspecified atom stereocenters. The molecule has 0 aliphatic carbocycles. The maximum Gasteiger partial charge on any atom is 0.231 e. The van der Waals surface area contributed by atoms with Crippen LogP contribution >= 0.6 is 0 Å². The lowest BCUT2D eigenvalue weighted by Gasteiger charge is -2.18. The molecular formula is C17H17NO. The van der Waals surface area contributed by atoms with Gasteiger partial charge in [-0.15, -0.1) is 0 Å². The molecule has 2 aromatic rings. The molecule has 0 saturated heterocycles. The smallest absolute Gasteiger partial charge is 0.231 e. The number of para-hydroxylation sites is 1. The molecule has 0 atom stereocenters. The first-order valence-electron chi connectivity index (χ1n) is 6.68. The van der Waals surface area contributed by atoms with Crippen molar-refractivity contribution in [2.45, 2.75) is 19.8 Å². The van der Waals surface area contributed by atoms with Crippen molar-refractivity contribution in [3.8, 4) is 0 Å². The number of nitrogens with zero attached hydrogens (tertiary/aromatic N) is 1. The van der Waals surface area contributed by atoms with Gasteiger partial charge in [0.25, 0.3) is 0 Å². The summed E-state index contributed by atoms with van der Waals surface area (Å²) >= 11 is 0. The second-order valence-corrected chi connectivity index (χ2v) is 5.03. The molecule has 2 aromatic carbocycles. The van der Waals surface area contributed by atoms with Crippen molar-refractivity contribution < 1.29 is 4.79 Å². The van der Waals surface area contributed by atoms with Crippen LogP contribution in [0.1, 0.15) is 16.7 Å². The van der Waals surface area contributed by atoms with E-state index in [1.165, 1.54) is 11.1 Å². The predicted molar refractivity (Wildman–Crippen MR) is 77.4 cm³/mol. The van der Waals surface area contributed by atoms with Gasteiger partial charge in [-0.05, 0) is 36.1 Å². The Hall–Kier alpha value is -2.09. The zero-order valence-corrected chi connectivity index (χ0v) is 11.1. The molecule has 96 valence electrons. The van der Waals surface area contributed by atoms with Crippen molar-refractivity contribution in [1.29, 1.82) is 0 Å². The molecule has 19 heavy (non-hydrogen) atoms. The molecule has 1 aliphatic heterocycles. The van der Waals surface area contributed by atoms with Crippen molar-refractivity contribution in [3.05, 3.63) is 65.2 Å². The van der Waals surface area contributed by atoms with E-state index in [0.717, 1.165) is 24.2 Å².